The number of nitrogens with zero attached hydrogens (tertiary/aromatic N) is 2. The molecule has 0 saturated carbocycles. The van der Waals surface area contributed by atoms with Gasteiger partial charge in [0.25, 0.3) is 5.92 Å². The highest BCUT2D eigenvalue weighted by Crippen LogP contribution is 2.26. The van der Waals surface area contributed by atoms with Crippen molar-refractivity contribution in [2.24, 2.45) is 5.10 Å². The molecule has 0 aromatic carbocycles. The van der Waals surface area contributed by atoms with Crippen molar-refractivity contribution in [2.75, 3.05) is 0 Å². The molecule has 0 aromatic heterocycles. The lowest BCUT2D eigenvalue weighted by Crippen LogP contribution is -2.18. The summed E-state index contributed by atoms with van der Waals surface area (Å²) in [6.07, 6.45) is 1.33. The van der Waals surface area contributed by atoms with Gasteiger partial charge in [-0.2, -0.15) is 13.9 Å². The normalized spacial score (nSPS) is 18.0. The molecule has 1 aliphatic rings. The summed E-state index contributed by atoms with van der Waals surface area (Å²) in [5.41, 5.74) is 3.50. The molecule has 10 heavy (non-hydrogen) atoms. The number of hydrogen-bond donors (Lipinski definition) is 0. The highest BCUT2D eigenvalue weighted by Gasteiger charge is 2.32. The van der Waals surface area contributed by atoms with Gasteiger partial charge in [0.2, 0.25) is 0 Å². The maximum absolute atomic E-state index is 12.4. The van der Waals surface area contributed by atoms with Gasteiger partial charge in [0.1, 0.15) is 5.70 Å². The van der Waals surface area contributed by atoms with Crippen molar-refractivity contribution in [1.82, 2.24) is 5.43 Å². The summed E-state index contributed by atoms with van der Waals surface area (Å²) in [6.45, 7) is 2.37. The van der Waals surface area contributed by atoms with Gasteiger partial charge in [-0.15, -0.1) is 5.43 Å². The van der Waals surface area contributed by atoms with Crippen molar-refractivity contribution in [1.29, 1.82) is 0 Å². The zero-order valence-electron chi connectivity index (χ0n) is 5.73. The molecule has 0 amide bonds. The van der Waals surface area contributed by atoms with Crippen LogP contribution in [-0.4, -0.2) is 12.1 Å². The van der Waals surface area contributed by atoms with Gasteiger partial charge in [0.15, 0.2) is 0 Å². The molecule has 1 heterocycles. The highest BCUT2D eigenvalue weighted by atomic mass is 19.3. The molecule has 1 rings (SSSR count). The lowest BCUT2D eigenvalue weighted by atomic mass is 10.2. The molecule has 0 fully saturated rings. The van der Waals surface area contributed by atoms with Gasteiger partial charge in [-0.25, -0.2) is 0 Å². The van der Waals surface area contributed by atoms with Crippen LogP contribution in [0.25, 0.3) is 0 Å². The third-order valence-electron chi connectivity index (χ3n) is 1.20. The van der Waals surface area contributed by atoms with Gasteiger partial charge in [0.05, 0.1) is 6.21 Å². The van der Waals surface area contributed by atoms with E-state index in [1.807, 2.05) is 0 Å². The fraction of sp³-hybridized carbons (Fsp3) is 0.500. The number of alkyl halides is 2. The van der Waals surface area contributed by atoms with Gasteiger partial charge in [-0.1, -0.05) is 0 Å². The number of allylic oxidation sites excluding steroid dienone is 2. The minimum Gasteiger partial charge on any atom is -0.200 e. The first kappa shape index (κ1) is 7.18. The second-order valence-electron chi connectivity index (χ2n) is 2.26. The molecule has 0 unspecified atom stereocenters. The summed E-state index contributed by atoms with van der Waals surface area (Å²) < 4.78 is 24.9. The Bertz CT molecular complexity index is 200. The summed E-state index contributed by atoms with van der Waals surface area (Å²) >= 11 is 0. The fourth-order valence-corrected chi connectivity index (χ4v) is 0.747. The largest absolute Gasteiger partial charge is 0.289 e. The number of hydrogen-bond acceptors (Lipinski definition) is 1. The molecule has 55 valence electrons. The van der Waals surface area contributed by atoms with Crippen LogP contribution in [0.15, 0.2) is 16.4 Å². The van der Waals surface area contributed by atoms with E-state index in [-0.39, 0.29) is 5.70 Å². The van der Waals surface area contributed by atoms with Crippen molar-refractivity contribution >= 4 is 6.21 Å². The Morgan fingerprint density at radius 1 is 1.50 bits per heavy atom. The second-order valence-corrected chi connectivity index (χ2v) is 2.26. The van der Waals surface area contributed by atoms with Crippen molar-refractivity contribution in [2.45, 2.75) is 19.8 Å². The molecule has 0 aromatic rings. The minimum atomic E-state index is -2.86. The molecule has 1 radical (unpaired) electrons. The average Bonchev–Trinajstić information content (AvgIpc) is 2.11. The fourth-order valence-electron chi connectivity index (χ4n) is 0.747. The van der Waals surface area contributed by atoms with Crippen LogP contribution in [0, 0.1) is 0 Å². The molecule has 0 spiro atoms. The maximum Gasteiger partial charge on any atom is 0.289 e. The summed E-state index contributed by atoms with van der Waals surface area (Å²) in [4.78, 5) is 0. The molecule has 0 N–H and O–H groups in total. The van der Waals surface area contributed by atoms with E-state index in [2.05, 4.69) is 10.5 Å². The second kappa shape index (κ2) is 2.04. The third-order valence-corrected chi connectivity index (χ3v) is 1.20. The van der Waals surface area contributed by atoms with Gasteiger partial charge < -0.3 is 0 Å². The summed E-state index contributed by atoms with van der Waals surface area (Å²) in [5.74, 6) is -2.86. The van der Waals surface area contributed by atoms with Gasteiger partial charge in [0, 0.05) is 6.92 Å². The Morgan fingerprint density at radius 2 is 2.10 bits per heavy atom. The third kappa shape index (κ3) is 1.15. The van der Waals surface area contributed by atoms with Crippen LogP contribution in [0.4, 0.5) is 8.78 Å². The monoisotopic (exact) mass is 145 g/mol. The highest BCUT2D eigenvalue weighted by molar-refractivity contribution is 5.81. The molecule has 0 atom stereocenters. The minimum absolute atomic E-state index is 0.229. The molecule has 0 bridgehead atoms. The van der Waals surface area contributed by atoms with E-state index in [1.165, 1.54) is 6.21 Å². The summed E-state index contributed by atoms with van der Waals surface area (Å²) in [7, 11) is 0. The van der Waals surface area contributed by atoms with Crippen LogP contribution in [0.3, 0.4) is 0 Å². The van der Waals surface area contributed by atoms with Crippen LogP contribution in [-0.2, 0) is 0 Å². The molecule has 4 heteroatoms. The van der Waals surface area contributed by atoms with E-state index in [1.54, 1.807) is 6.92 Å². The predicted molar refractivity (Wildman–Crippen MR) is 33.9 cm³/mol. The topological polar surface area (TPSA) is 26.5 Å². The van der Waals surface area contributed by atoms with Gasteiger partial charge in [-0.05, 0) is 12.5 Å². The molecule has 0 saturated heterocycles. The van der Waals surface area contributed by atoms with Gasteiger partial charge >= 0.3 is 0 Å². The average molecular weight is 145 g/mol. The van der Waals surface area contributed by atoms with Crippen molar-refractivity contribution in [3.63, 3.8) is 0 Å². The van der Waals surface area contributed by atoms with Crippen LogP contribution in [0.2, 0.25) is 0 Å². The quantitative estimate of drug-likeness (QED) is 0.534. The van der Waals surface area contributed by atoms with Crippen molar-refractivity contribution in [3.05, 3.63) is 11.3 Å². The van der Waals surface area contributed by atoms with E-state index >= 15 is 0 Å². The van der Waals surface area contributed by atoms with Crippen LogP contribution >= 0.6 is 0 Å². The molecular formula is C6H7F2N2. The summed E-state index contributed by atoms with van der Waals surface area (Å²) in [6, 6.07) is 0. The first-order valence-corrected chi connectivity index (χ1v) is 2.85. The Balaban J connectivity index is 2.86. The van der Waals surface area contributed by atoms with Gasteiger partial charge in [-0.3, -0.25) is 0 Å². The lowest BCUT2D eigenvalue weighted by molar-refractivity contribution is 0.0554. The Kier molecular flexibility index (Phi) is 1.46. The number of halogens is 2. The van der Waals surface area contributed by atoms with Crippen molar-refractivity contribution in [3.8, 4) is 0 Å². The first-order chi connectivity index (χ1) is 4.52. The Hall–Kier alpha value is -0.930. The molecule has 2 nitrogen and oxygen atoms in total. The number of rotatable bonds is 1. The zero-order valence-corrected chi connectivity index (χ0v) is 5.73. The predicted octanol–water partition coefficient (Wildman–Crippen LogP) is 1.52. The summed E-state index contributed by atoms with van der Waals surface area (Å²) in [5, 5.41) is 3.36. The van der Waals surface area contributed by atoms with Crippen LogP contribution < -0.4 is 5.43 Å². The molecule has 0 aliphatic carbocycles. The Labute approximate surface area is 57.6 Å². The van der Waals surface area contributed by atoms with Crippen LogP contribution in [0.1, 0.15) is 13.8 Å². The van der Waals surface area contributed by atoms with E-state index in [9.17, 15) is 8.78 Å². The van der Waals surface area contributed by atoms with E-state index in [0.29, 0.717) is 5.57 Å². The van der Waals surface area contributed by atoms with E-state index in [0.717, 1.165) is 6.92 Å². The van der Waals surface area contributed by atoms with E-state index < -0.39 is 5.92 Å². The standard InChI is InChI=1S/C6H7F2N2/c1-4-3-9-10-5(4)6(2,7)8/h3H,1-2H3. The molecular weight excluding hydrogens is 138 g/mol. The zero-order chi connectivity index (χ0) is 7.78. The first-order valence-electron chi connectivity index (χ1n) is 2.85. The lowest BCUT2D eigenvalue weighted by Gasteiger charge is -2.09. The maximum atomic E-state index is 12.4. The van der Waals surface area contributed by atoms with Crippen molar-refractivity contribution < 1.29 is 8.78 Å². The smallest absolute Gasteiger partial charge is 0.200 e. The SMILES string of the molecule is CC1=C(C(C)(F)F)[N]N=C1. The van der Waals surface area contributed by atoms with Crippen LogP contribution in [0.5, 0.6) is 0 Å². The molecule has 1 aliphatic heterocycles. The Morgan fingerprint density at radius 3 is 2.30 bits per heavy atom. The van der Waals surface area contributed by atoms with E-state index in [4.69, 9.17) is 0 Å².